The Morgan fingerprint density at radius 1 is 1.31 bits per heavy atom. The maximum atomic E-state index is 12.4. The molecule has 0 amide bonds. The van der Waals surface area contributed by atoms with Crippen molar-refractivity contribution in [1.82, 2.24) is 19.5 Å². The van der Waals surface area contributed by atoms with E-state index in [0.29, 0.717) is 5.52 Å². The molecule has 14 nitrogen and oxygen atoms in total. The van der Waals surface area contributed by atoms with Crippen LogP contribution in [0.1, 0.15) is 26.5 Å². The number of aliphatic hydroxyl groups is 2. The lowest BCUT2D eigenvalue weighted by Gasteiger charge is -2.28. The molecule has 0 bridgehead atoms. The molecule has 0 aromatic carbocycles. The summed E-state index contributed by atoms with van der Waals surface area (Å²) >= 11 is 0. The summed E-state index contributed by atoms with van der Waals surface area (Å²) in [5.74, 6) is -0.432. The highest BCUT2D eigenvalue weighted by Crippen LogP contribution is 2.40. The number of aliphatic hydroxyl groups excluding tert-OH is 2. The Bertz CT molecular complexity index is 1150. The van der Waals surface area contributed by atoms with Crippen molar-refractivity contribution in [3.63, 3.8) is 0 Å². The molecule has 1 saturated heterocycles. The molecule has 6 atom stereocenters. The third kappa shape index (κ3) is 5.05. The van der Waals surface area contributed by atoms with E-state index < -0.39 is 54.8 Å². The van der Waals surface area contributed by atoms with Gasteiger partial charge < -0.3 is 34.9 Å². The molecule has 0 aliphatic carbocycles. The standard InChI is InChI=1S/C22H30N6O8/c1-11(2)34-20(31)16(27(4)5)12(3)35-21(32)33-8-14-17(29)18(30)22(9-23,36-14)15-7-6-13-19(24)25-10-26-28(13)15/h6-7,10-12,14,16-18,29-30H,8H2,1-5H3,(H2,24,25,26)/t12-,14-,16+,17-,18-,22+/m1/s1. The number of aromatic nitrogens is 3. The highest BCUT2D eigenvalue weighted by Gasteiger charge is 2.58. The second-order valence-corrected chi connectivity index (χ2v) is 8.88. The van der Waals surface area contributed by atoms with Crippen LogP contribution in [0.4, 0.5) is 10.6 Å². The van der Waals surface area contributed by atoms with Crippen molar-refractivity contribution in [2.75, 3.05) is 26.4 Å². The molecule has 2 aromatic heterocycles. The van der Waals surface area contributed by atoms with Gasteiger partial charge in [-0.15, -0.1) is 0 Å². The third-order valence-corrected chi connectivity index (χ3v) is 5.73. The number of likely N-dealkylation sites (N-methyl/N-ethyl adjacent to an activating group) is 1. The minimum absolute atomic E-state index is 0.108. The van der Waals surface area contributed by atoms with Gasteiger partial charge >= 0.3 is 12.1 Å². The molecule has 36 heavy (non-hydrogen) atoms. The number of ether oxygens (including phenoxy) is 4. The van der Waals surface area contributed by atoms with E-state index in [2.05, 4.69) is 10.1 Å². The van der Waals surface area contributed by atoms with Crippen LogP contribution in [0.2, 0.25) is 0 Å². The maximum absolute atomic E-state index is 12.4. The number of fused-ring (bicyclic) bond motifs is 1. The summed E-state index contributed by atoms with van der Waals surface area (Å²) < 4.78 is 22.5. The minimum Gasteiger partial charge on any atom is -0.462 e. The van der Waals surface area contributed by atoms with Gasteiger partial charge in [0.15, 0.2) is 5.82 Å². The van der Waals surface area contributed by atoms with Gasteiger partial charge in [-0.05, 0) is 47.0 Å². The van der Waals surface area contributed by atoms with E-state index in [4.69, 9.17) is 24.7 Å². The summed E-state index contributed by atoms with van der Waals surface area (Å²) in [6.45, 7) is 4.36. The molecule has 4 N–H and O–H groups in total. The van der Waals surface area contributed by atoms with Crippen molar-refractivity contribution in [2.24, 2.45) is 0 Å². The van der Waals surface area contributed by atoms with Crippen LogP contribution in [0.25, 0.3) is 5.52 Å². The summed E-state index contributed by atoms with van der Waals surface area (Å²) in [5.41, 5.74) is 4.28. The monoisotopic (exact) mass is 506 g/mol. The zero-order valence-electron chi connectivity index (χ0n) is 20.6. The molecule has 0 saturated carbocycles. The Balaban J connectivity index is 1.70. The quantitative estimate of drug-likeness (QED) is 0.391. The maximum Gasteiger partial charge on any atom is 0.508 e. The lowest BCUT2D eigenvalue weighted by molar-refractivity contribution is -0.157. The molecule has 1 aliphatic rings. The fraction of sp³-hybridized carbons (Fsp3) is 0.591. The Labute approximate surface area is 207 Å². The average molecular weight is 507 g/mol. The van der Waals surface area contributed by atoms with Gasteiger partial charge in [0.1, 0.15) is 55.0 Å². The summed E-state index contributed by atoms with van der Waals surface area (Å²) in [7, 11) is 3.26. The first kappa shape index (κ1) is 27.1. The fourth-order valence-electron chi connectivity index (χ4n) is 4.08. The van der Waals surface area contributed by atoms with Crippen molar-refractivity contribution in [2.45, 2.75) is 62.9 Å². The van der Waals surface area contributed by atoms with Crippen molar-refractivity contribution < 1.29 is 38.7 Å². The SMILES string of the molecule is CC(C)OC(=O)[C@H]([C@@H](C)OC(=O)OC[C@H]1O[C@@](C#N)(c2ccc3c(N)ncnn23)[C@H](O)[C@@H]1O)N(C)C. The number of anilines is 1. The predicted molar refractivity (Wildman–Crippen MR) is 122 cm³/mol. The first-order chi connectivity index (χ1) is 16.9. The molecule has 0 radical (unpaired) electrons. The van der Waals surface area contributed by atoms with Gasteiger partial charge in [0, 0.05) is 0 Å². The van der Waals surface area contributed by atoms with E-state index in [1.807, 2.05) is 6.07 Å². The van der Waals surface area contributed by atoms with Crippen LogP contribution in [0.15, 0.2) is 18.5 Å². The molecular formula is C22H30N6O8. The minimum atomic E-state index is -2.03. The molecule has 1 fully saturated rings. The normalized spacial score (nSPS) is 25.5. The summed E-state index contributed by atoms with van der Waals surface area (Å²) in [6.07, 6.45) is -5.83. The van der Waals surface area contributed by atoms with Crippen LogP contribution >= 0.6 is 0 Å². The zero-order valence-corrected chi connectivity index (χ0v) is 20.6. The molecule has 0 spiro atoms. The fourth-order valence-corrected chi connectivity index (χ4v) is 4.08. The van der Waals surface area contributed by atoms with Gasteiger partial charge in [-0.2, -0.15) is 10.4 Å². The molecule has 1 aliphatic heterocycles. The first-order valence-electron chi connectivity index (χ1n) is 11.2. The Morgan fingerprint density at radius 2 is 2.00 bits per heavy atom. The van der Waals surface area contributed by atoms with Crippen LogP contribution in [0.3, 0.4) is 0 Å². The topological polar surface area (TPSA) is 195 Å². The molecule has 3 rings (SSSR count). The highest BCUT2D eigenvalue weighted by molar-refractivity contribution is 5.77. The van der Waals surface area contributed by atoms with E-state index in [1.165, 1.54) is 23.8 Å². The lowest BCUT2D eigenvalue weighted by Crippen LogP contribution is -2.47. The smallest absolute Gasteiger partial charge is 0.462 e. The second-order valence-electron chi connectivity index (χ2n) is 8.88. The van der Waals surface area contributed by atoms with Gasteiger partial charge in [-0.1, -0.05) is 0 Å². The van der Waals surface area contributed by atoms with Crippen LogP contribution in [0, 0.1) is 11.3 Å². The number of esters is 1. The predicted octanol–water partition coefficient (Wildman–Crippen LogP) is -0.426. The Hall–Kier alpha value is -3.51. The molecule has 2 aromatic rings. The molecule has 0 unspecified atom stereocenters. The number of rotatable bonds is 8. The third-order valence-electron chi connectivity index (χ3n) is 5.73. The first-order valence-corrected chi connectivity index (χ1v) is 11.2. The zero-order chi connectivity index (χ0) is 26.8. The van der Waals surface area contributed by atoms with Crippen LogP contribution in [-0.4, -0.2) is 99.1 Å². The van der Waals surface area contributed by atoms with E-state index in [9.17, 15) is 25.1 Å². The number of nitriles is 1. The average Bonchev–Trinajstić information content (AvgIpc) is 3.33. The van der Waals surface area contributed by atoms with Gasteiger partial charge in [0.25, 0.3) is 0 Å². The molecular weight excluding hydrogens is 476 g/mol. The van der Waals surface area contributed by atoms with Crippen LogP contribution < -0.4 is 5.73 Å². The van der Waals surface area contributed by atoms with Crippen LogP contribution in [-0.2, 0) is 29.3 Å². The molecule has 3 heterocycles. The lowest BCUT2D eigenvalue weighted by atomic mass is 9.92. The largest absolute Gasteiger partial charge is 0.508 e. The molecule has 196 valence electrons. The number of nitrogen functional groups attached to an aromatic ring is 1. The van der Waals surface area contributed by atoms with Crippen molar-refractivity contribution in [3.05, 3.63) is 24.2 Å². The summed E-state index contributed by atoms with van der Waals surface area (Å²) in [6, 6.07) is 4.01. The number of nitrogens with two attached hydrogens (primary N) is 1. The van der Waals surface area contributed by atoms with Crippen LogP contribution in [0.5, 0.6) is 0 Å². The van der Waals surface area contributed by atoms with Gasteiger partial charge in [-0.3, -0.25) is 9.69 Å². The van der Waals surface area contributed by atoms with Crippen molar-refractivity contribution >= 4 is 23.5 Å². The molecule has 14 heteroatoms. The van der Waals surface area contributed by atoms with E-state index in [0.717, 1.165) is 0 Å². The number of carbonyl (C=O) groups is 2. The Morgan fingerprint density at radius 3 is 2.61 bits per heavy atom. The summed E-state index contributed by atoms with van der Waals surface area (Å²) in [4.78, 5) is 30.1. The van der Waals surface area contributed by atoms with Crippen molar-refractivity contribution in [3.8, 4) is 6.07 Å². The van der Waals surface area contributed by atoms with Gasteiger partial charge in [0.05, 0.1) is 11.8 Å². The second kappa shape index (κ2) is 10.6. The Kier molecular flexibility index (Phi) is 7.99. The number of nitrogens with zero attached hydrogens (tertiary/aromatic N) is 5. The van der Waals surface area contributed by atoms with Gasteiger partial charge in [0.2, 0.25) is 5.60 Å². The van der Waals surface area contributed by atoms with E-state index in [-0.39, 0.29) is 17.6 Å². The van der Waals surface area contributed by atoms with E-state index >= 15 is 0 Å². The van der Waals surface area contributed by atoms with Gasteiger partial charge in [-0.25, -0.2) is 14.3 Å². The van der Waals surface area contributed by atoms with Crippen molar-refractivity contribution in [1.29, 1.82) is 5.26 Å². The van der Waals surface area contributed by atoms with E-state index in [1.54, 1.807) is 38.9 Å². The number of hydrogen-bond donors (Lipinski definition) is 3. The number of hydrogen-bond acceptors (Lipinski definition) is 13. The highest BCUT2D eigenvalue weighted by atomic mass is 16.7. The summed E-state index contributed by atoms with van der Waals surface area (Å²) in [5, 5.41) is 35.3. The number of carbonyl (C=O) groups excluding carboxylic acids is 2.